The molecule has 0 spiro atoms. The highest BCUT2D eigenvalue weighted by molar-refractivity contribution is 5.39. The van der Waals surface area contributed by atoms with Gasteiger partial charge in [0.15, 0.2) is 0 Å². The molecule has 76 valence electrons. The molecule has 0 aliphatic rings. The molecule has 0 aromatic rings. The lowest BCUT2D eigenvalue weighted by atomic mass is 9.80. The quantitative estimate of drug-likeness (QED) is 0.459. The molecule has 0 heterocycles. The monoisotopic (exact) mass is 189 g/mol. The second-order valence-corrected chi connectivity index (χ2v) is 3.52. The second-order valence-electron chi connectivity index (χ2n) is 3.52. The Bertz CT molecular complexity index is 290. The molecule has 0 N–H and O–H groups in total. The fourth-order valence-corrected chi connectivity index (χ4v) is 1.46. The fourth-order valence-electron chi connectivity index (χ4n) is 1.46. The zero-order valence-corrected chi connectivity index (χ0v) is 9.38. The van der Waals surface area contributed by atoms with E-state index in [-0.39, 0.29) is 5.41 Å². The summed E-state index contributed by atoms with van der Waals surface area (Å²) in [7, 11) is 0. The van der Waals surface area contributed by atoms with Gasteiger partial charge in [-0.25, -0.2) is 0 Å². The van der Waals surface area contributed by atoms with Crippen LogP contribution in [0, 0.1) is 5.41 Å². The van der Waals surface area contributed by atoms with Gasteiger partial charge < -0.3 is 0 Å². The van der Waals surface area contributed by atoms with Crippen molar-refractivity contribution in [3.05, 3.63) is 48.7 Å². The van der Waals surface area contributed by atoms with Crippen molar-refractivity contribution in [2.75, 3.05) is 0 Å². The van der Waals surface area contributed by atoms with Gasteiger partial charge in [-0.15, -0.1) is 0 Å². The zero-order valence-electron chi connectivity index (χ0n) is 9.38. The van der Waals surface area contributed by atoms with Gasteiger partial charge in [0.05, 0.1) is 0 Å². The van der Waals surface area contributed by atoms with E-state index in [1.54, 1.807) is 6.08 Å². The van der Waals surface area contributed by atoms with E-state index in [0.717, 1.165) is 11.3 Å². The first-order valence-electron chi connectivity index (χ1n) is 4.63. The summed E-state index contributed by atoms with van der Waals surface area (Å²) >= 11 is 0. The van der Waals surface area contributed by atoms with Crippen LogP contribution in [0.2, 0.25) is 0 Å². The van der Waals surface area contributed by atoms with E-state index < -0.39 is 0 Å². The molecule has 1 nitrogen and oxygen atoms in total. The van der Waals surface area contributed by atoms with Crippen LogP contribution in [0.3, 0.4) is 0 Å². The van der Waals surface area contributed by atoms with Crippen LogP contribution < -0.4 is 0 Å². The van der Waals surface area contributed by atoms with Gasteiger partial charge in [0.2, 0.25) is 0 Å². The van der Waals surface area contributed by atoms with Crippen molar-refractivity contribution in [1.29, 1.82) is 0 Å². The highest BCUT2D eigenvalue weighted by Gasteiger charge is 2.24. The second kappa shape index (κ2) is 5.38. The maximum atomic E-state index is 4.02. The van der Waals surface area contributed by atoms with Gasteiger partial charge in [0.1, 0.15) is 0 Å². The third-order valence-electron chi connectivity index (χ3n) is 2.32. The van der Waals surface area contributed by atoms with Crippen molar-refractivity contribution >= 4 is 6.72 Å². The highest BCUT2D eigenvalue weighted by atomic mass is 14.7. The van der Waals surface area contributed by atoms with Crippen LogP contribution in [0.15, 0.2) is 53.7 Å². The Morgan fingerprint density at radius 3 is 2.14 bits per heavy atom. The predicted octanol–water partition coefficient (Wildman–Crippen LogP) is 3.92. The first kappa shape index (κ1) is 12.6. The standard InChI is InChI=1S/C13H19N/c1-7-10-11(8-2)13(4,5)12(9-3)14-6/h7-10H,1-2,6H2,3-5H3/b11-10+,12-9-. The van der Waals surface area contributed by atoms with Gasteiger partial charge in [-0.05, 0) is 19.2 Å². The van der Waals surface area contributed by atoms with Crippen LogP contribution in [0.25, 0.3) is 0 Å². The normalized spacial score (nSPS) is 13.6. The first-order valence-corrected chi connectivity index (χ1v) is 4.63. The molecule has 0 saturated heterocycles. The van der Waals surface area contributed by atoms with Crippen LogP contribution in [0.5, 0.6) is 0 Å². The van der Waals surface area contributed by atoms with Crippen molar-refractivity contribution in [2.24, 2.45) is 10.4 Å². The Morgan fingerprint density at radius 1 is 1.29 bits per heavy atom. The minimum atomic E-state index is -0.160. The maximum Gasteiger partial charge on any atom is 0.0453 e. The molecule has 0 amide bonds. The van der Waals surface area contributed by atoms with Gasteiger partial charge in [0.25, 0.3) is 0 Å². The molecule has 0 unspecified atom stereocenters. The average Bonchev–Trinajstić information content (AvgIpc) is 2.15. The van der Waals surface area contributed by atoms with Crippen molar-refractivity contribution < 1.29 is 0 Å². The van der Waals surface area contributed by atoms with Gasteiger partial charge in [-0.1, -0.05) is 51.3 Å². The van der Waals surface area contributed by atoms with Crippen LogP contribution in [-0.4, -0.2) is 6.72 Å². The van der Waals surface area contributed by atoms with Crippen LogP contribution in [-0.2, 0) is 0 Å². The van der Waals surface area contributed by atoms with E-state index in [1.165, 1.54) is 0 Å². The lowest BCUT2D eigenvalue weighted by Crippen LogP contribution is -2.15. The molecule has 14 heavy (non-hydrogen) atoms. The summed E-state index contributed by atoms with van der Waals surface area (Å²) in [6.07, 6.45) is 7.50. The number of allylic oxidation sites excluding steroid dienone is 5. The Labute approximate surface area is 87.3 Å². The summed E-state index contributed by atoms with van der Waals surface area (Å²) in [5, 5.41) is 0. The molecular formula is C13H19N. The maximum absolute atomic E-state index is 4.02. The van der Waals surface area contributed by atoms with Crippen molar-refractivity contribution in [3.63, 3.8) is 0 Å². The smallest absolute Gasteiger partial charge is 0.0453 e. The third-order valence-corrected chi connectivity index (χ3v) is 2.32. The molecule has 0 fully saturated rings. The summed E-state index contributed by atoms with van der Waals surface area (Å²) in [6.45, 7) is 17.2. The largest absolute Gasteiger partial charge is 0.269 e. The van der Waals surface area contributed by atoms with E-state index in [0.29, 0.717) is 0 Å². The third kappa shape index (κ3) is 2.56. The van der Waals surface area contributed by atoms with Crippen LogP contribution >= 0.6 is 0 Å². The minimum absolute atomic E-state index is 0.160. The predicted molar refractivity (Wildman–Crippen MR) is 65.6 cm³/mol. The Kier molecular flexibility index (Phi) is 4.85. The number of hydrogen-bond donors (Lipinski definition) is 0. The van der Waals surface area contributed by atoms with Crippen LogP contribution in [0.4, 0.5) is 0 Å². The zero-order chi connectivity index (χ0) is 11.2. The van der Waals surface area contributed by atoms with Gasteiger partial charge in [-0.2, -0.15) is 0 Å². The van der Waals surface area contributed by atoms with E-state index >= 15 is 0 Å². The fraction of sp³-hybridized carbons (Fsp3) is 0.308. The molecule has 0 aliphatic heterocycles. The lowest BCUT2D eigenvalue weighted by molar-refractivity contribution is 0.546. The molecule has 0 radical (unpaired) electrons. The Hall–Kier alpha value is -1.37. The molecule has 0 aliphatic carbocycles. The van der Waals surface area contributed by atoms with Crippen LogP contribution in [0.1, 0.15) is 20.8 Å². The summed E-state index contributed by atoms with van der Waals surface area (Å²) in [4.78, 5) is 4.02. The Morgan fingerprint density at radius 2 is 1.86 bits per heavy atom. The van der Waals surface area contributed by atoms with E-state index in [9.17, 15) is 0 Å². The minimum Gasteiger partial charge on any atom is -0.269 e. The number of hydrogen-bond acceptors (Lipinski definition) is 1. The molecule has 0 aromatic heterocycles. The first-order chi connectivity index (χ1) is 6.54. The summed E-state index contributed by atoms with van der Waals surface area (Å²) in [5.74, 6) is 0. The van der Waals surface area contributed by atoms with Gasteiger partial charge >= 0.3 is 0 Å². The lowest BCUT2D eigenvalue weighted by Gasteiger charge is -2.26. The van der Waals surface area contributed by atoms with Gasteiger partial charge in [0, 0.05) is 11.1 Å². The topological polar surface area (TPSA) is 12.4 Å². The molecule has 0 aromatic carbocycles. The molecular weight excluding hydrogens is 170 g/mol. The number of nitrogens with zero attached hydrogens (tertiary/aromatic N) is 1. The van der Waals surface area contributed by atoms with E-state index in [4.69, 9.17) is 0 Å². The molecule has 0 rings (SSSR count). The Balaban J connectivity index is 5.29. The summed E-state index contributed by atoms with van der Waals surface area (Å²) in [6, 6.07) is 0. The highest BCUT2D eigenvalue weighted by Crippen LogP contribution is 2.35. The van der Waals surface area contributed by atoms with Gasteiger partial charge in [-0.3, -0.25) is 4.99 Å². The molecule has 0 saturated carbocycles. The van der Waals surface area contributed by atoms with Crippen molar-refractivity contribution in [1.82, 2.24) is 0 Å². The summed E-state index contributed by atoms with van der Waals surface area (Å²) in [5.41, 5.74) is 1.88. The molecule has 0 bridgehead atoms. The van der Waals surface area contributed by atoms with E-state index in [2.05, 4.69) is 38.7 Å². The molecule has 1 heteroatoms. The SMILES string of the molecule is C=C/C=C(\C=C)C(C)(C)/C(=C/C)N=C. The molecule has 0 atom stereocenters. The average molecular weight is 189 g/mol. The number of aliphatic imine (C=N–C) groups is 1. The van der Waals surface area contributed by atoms with Crippen molar-refractivity contribution in [2.45, 2.75) is 20.8 Å². The number of rotatable bonds is 5. The van der Waals surface area contributed by atoms with E-state index in [1.807, 2.05) is 25.2 Å². The summed E-state index contributed by atoms with van der Waals surface area (Å²) < 4.78 is 0. The van der Waals surface area contributed by atoms with Crippen molar-refractivity contribution in [3.8, 4) is 0 Å².